The lowest BCUT2D eigenvalue weighted by Gasteiger charge is -2.16. The molecule has 6 heteroatoms. The average Bonchev–Trinajstić information content (AvgIpc) is 3.12. The van der Waals surface area contributed by atoms with Crippen LogP contribution in [0.15, 0.2) is 59.8 Å². The Hall–Kier alpha value is -2.60. The minimum absolute atomic E-state index is 0.0130. The van der Waals surface area contributed by atoms with Crippen molar-refractivity contribution in [3.63, 3.8) is 0 Å². The lowest BCUT2D eigenvalue weighted by molar-refractivity contribution is -0.120. The number of rotatable bonds is 7. The molecule has 1 N–H and O–H groups in total. The standard InChI is InChI=1S/C22H26N4OS/c1-5-16(3)23-21(27)17(4)28-22-25-24-20(18-11-9-10-15(2)14-18)26(22)19-12-7-6-8-13-19/h6-14,16-17H,5H2,1-4H3,(H,23,27). The first-order chi connectivity index (χ1) is 13.5. The predicted molar refractivity (Wildman–Crippen MR) is 115 cm³/mol. The van der Waals surface area contributed by atoms with Crippen LogP contribution in [0.2, 0.25) is 0 Å². The Labute approximate surface area is 170 Å². The first-order valence-corrected chi connectivity index (χ1v) is 10.4. The zero-order valence-corrected chi connectivity index (χ0v) is 17.5. The molecule has 146 valence electrons. The van der Waals surface area contributed by atoms with Gasteiger partial charge in [0.05, 0.1) is 5.25 Å². The van der Waals surface area contributed by atoms with Gasteiger partial charge in [-0.2, -0.15) is 0 Å². The summed E-state index contributed by atoms with van der Waals surface area (Å²) in [5.74, 6) is 0.783. The third-order valence-corrected chi connectivity index (χ3v) is 5.62. The number of hydrogen-bond acceptors (Lipinski definition) is 4. The minimum Gasteiger partial charge on any atom is -0.353 e. The van der Waals surface area contributed by atoms with Crippen molar-refractivity contribution in [2.45, 2.75) is 50.6 Å². The molecule has 2 aromatic carbocycles. The van der Waals surface area contributed by atoms with Crippen molar-refractivity contribution in [3.05, 3.63) is 60.2 Å². The molecule has 0 aliphatic carbocycles. The lowest BCUT2D eigenvalue weighted by atomic mass is 10.1. The van der Waals surface area contributed by atoms with Crippen molar-refractivity contribution in [2.75, 3.05) is 0 Å². The van der Waals surface area contributed by atoms with Crippen LogP contribution in [0, 0.1) is 6.92 Å². The number of carbonyl (C=O) groups is 1. The second kappa shape index (κ2) is 9.06. The highest BCUT2D eigenvalue weighted by atomic mass is 32.2. The molecule has 0 aliphatic heterocycles. The van der Waals surface area contributed by atoms with E-state index < -0.39 is 0 Å². The van der Waals surface area contributed by atoms with Crippen molar-refractivity contribution in [1.29, 1.82) is 0 Å². The van der Waals surface area contributed by atoms with Crippen LogP contribution in [0.5, 0.6) is 0 Å². The second-order valence-corrected chi connectivity index (χ2v) is 8.23. The molecule has 0 radical (unpaired) electrons. The van der Waals surface area contributed by atoms with Gasteiger partial charge in [0, 0.05) is 17.3 Å². The first kappa shape index (κ1) is 20.1. The van der Waals surface area contributed by atoms with Gasteiger partial charge >= 0.3 is 0 Å². The Morgan fingerprint density at radius 3 is 2.54 bits per heavy atom. The summed E-state index contributed by atoms with van der Waals surface area (Å²) in [5.41, 5.74) is 3.14. The molecule has 1 aromatic heterocycles. The van der Waals surface area contributed by atoms with Gasteiger partial charge in [-0.3, -0.25) is 9.36 Å². The fraction of sp³-hybridized carbons (Fsp3) is 0.318. The number of thioether (sulfide) groups is 1. The van der Waals surface area contributed by atoms with Crippen LogP contribution in [0.1, 0.15) is 32.8 Å². The van der Waals surface area contributed by atoms with Gasteiger partial charge in [-0.05, 0) is 45.4 Å². The second-order valence-electron chi connectivity index (χ2n) is 6.92. The molecule has 0 saturated heterocycles. The zero-order chi connectivity index (χ0) is 20.1. The largest absolute Gasteiger partial charge is 0.353 e. The Bertz CT molecular complexity index is 939. The lowest BCUT2D eigenvalue weighted by Crippen LogP contribution is -2.37. The maximum absolute atomic E-state index is 12.5. The maximum Gasteiger partial charge on any atom is 0.233 e. The van der Waals surface area contributed by atoms with Gasteiger partial charge in [-0.15, -0.1) is 10.2 Å². The number of aromatic nitrogens is 3. The van der Waals surface area contributed by atoms with Crippen molar-refractivity contribution in [1.82, 2.24) is 20.1 Å². The Morgan fingerprint density at radius 2 is 1.86 bits per heavy atom. The van der Waals surface area contributed by atoms with Crippen LogP contribution < -0.4 is 5.32 Å². The van der Waals surface area contributed by atoms with Crippen LogP contribution in [-0.2, 0) is 4.79 Å². The van der Waals surface area contributed by atoms with E-state index in [1.807, 2.05) is 60.9 Å². The highest BCUT2D eigenvalue weighted by Crippen LogP contribution is 2.30. The normalized spacial score (nSPS) is 13.1. The summed E-state index contributed by atoms with van der Waals surface area (Å²) in [6.07, 6.45) is 0.904. The fourth-order valence-electron chi connectivity index (χ4n) is 2.80. The highest BCUT2D eigenvalue weighted by molar-refractivity contribution is 8.00. The van der Waals surface area contributed by atoms with E-state index in [1.165, 1.54) is 11.8 Å². The van der Waals surface area contributed by atoms with E-state index in [9.17, 15) is 4.79 Å². The van der Waals surface area contributed by atoms with E-state index in [0.29, 0.717) is 5.16 Å². The van der Waals surface area contributed by atoms with Gasteiger partial charge in [0.25, 0.3) is 0 Å². The zero-order valence-electron chi connectivity index (χ0n) is 16.7. The minimum atomic E-state index is -0.272. The molecule has 2 unspecified atom stereocenters. The van der Waals surface area contributed by atoms with E-state index in [4.69, 9.17) is 0 Å². The number of para-hydroxylation sites is 1. The molecule has 1 amide bonds. The van der Waals surface area contributed by atoms with Crippen LogP contribution >= 0.6 is 11.8 Å². The SMILES string of the molecule is CCC(C)NC(=O)C(C)Sc1nnc(-c2cccc(C)c2)n1-c1ccccc1. The number of benzene rings is 2. The van der Waals surface area contributed by atoms with Gasteiger partial charge in [0.2, 0.25) is 5.91 Å². The number of nitrogens with one attached hydrogen (secondary N) is 1. The quantitative estimate of drug-likeness (QED) is 0.593. The molecule has 1 heterocycles. The Kier molecular flexibility index (Phi) is 6.52. The summed E-state index contributed by atoms with van der Waals surface area (Å²) in [7, 11) is 0. The molecule has 5 nitrogen and oxygen atoms in total. The molecular weight excluding hydrogens is 368 g/mol. The third-order valence-electron chi connectivity index (χ3n) is 4.58. The number of hydrogen-bond donors (Lipinski definition) is 1. The van der Waals surface area contributed by atoms with E-state index in [-0.39, 0.29) is 17.2 Å². The van der Waals surface area contributed by atoms with Crippen LogP contribution in [-0.4, -0.2) is 32.0 Å². The summed E-state index contributed by atoms with van der Waals surface area (Å²) in [4.78, 5) is 12.5. The van der Waals surface area contributed by atoms with Gasteiger partial charge in [-0.25, -0.2) is 0 Å². The van der Waals surface area contributed by atoms with Crippen LogP contribution in [0.25, 0.3) is 17.1 Å². The van der Waals surface area contributed by atoms with Crippen molar-refractivity contribution >= 4 is 17.7 Å². The molecule has 0 fully saturated rings. The Morgan fingerprint density at radius 1 is 1.11 bits per heavy atom. The smallest absolute Gasteiger partial charge is 0.233 e. The molecule has 0 spiro atoms. The molecule has 0 saturated carbocycles. The van der Waals surface area contributed by atoms with E-state index in [1.54, 1.807) is 0 Å². The molecule has 3 rings (SSSR count). The third kappa shape index (κ3) is 4.62. The van der Waals surface area contributed by atoms with Crippen LogP contribution in [0.4, 0.5) is 0 Å². The number of carbonyl (C=O) groups excluding carboxylic acids is 1. The fourth-order valence-corrected chi connectivity index (χ4v) is 3.68. The first-order valence-electron chi connectivity index (χ1n) is 9.54. The molecule has 3 aromatic rings. The van der Waals surface area contributed by atoms with Gasteiger partial charge in [0.15, 0.2) is 11.0 Å². The van der Waals surface area contributed by atoms with E-state index >= 15 is 0 Å². The van der Waals surface area contributed by atoms with E-state index in [0.717, 1.165) is 29.1 Å². The number of nitrogens with zero attached hydrogens (tertiary/aromatic N) is 3. The topological polar surface area (TPSA) is 59.8 Å². The molecule has 28 heavy (non-hydrogen) atoms. The van der Waals surface area contributed by atoms with Crippen molar-refractivity contribution in [2.24, 2.45) is 0 Å². The van der Waals surface area contributed by atoms with Gasteiger partial charge in [-0.1, -0.05) is 60.6 Å². The van der Waals surface area contributed by atoms with Gasteiger partial charge in [0.1, 0.15) is 0 Å². The highest BCUT2D eigenvalue weighted by Gasteiger charge is 2.22. The molecule has 2 atom stereocenters. The Balaban J connectivity index is 1.97. The summed E-state index contributed by atoms with van der Waals surface area (Å²) in [6, 6.07) is 18.4. The summed E-state index contributed by atoms with van der Waals surface area (Å²) in [5, 5.41) is 12.3. The number of aryl methyl sites for hydroxylation is 1. The van der Waals surface area contributed by atoms with Crippen molar-refractivity contribution < 1.29 is 4.79 Å². The number of amides is 1. The molecule has 0 aliphatic rings. The van der Waals surface area contributed by atoms with Gasteiger partial charge < -0.3 is 5.32 Å². The molecule has 0 bridgehead atoms. The average molecular weight is 395 g/mol. The van der Waals surface area contributed by atoms with E-state index in [2.05, 4.69) is 41.5 Å². The van der Waals surface area contributed by atoms with Crippen molar-refractivity contribution in [3.8, 4) is 17.1 Å². The van der Waals surface area contributed by atoms with Crippen LogP contribution in [0.3, 0.4) is 0 Å². The maximum atomic E-state index is 12.5. The monoisotopic (exact) mass is 394 g/mol. The summed E-state index contributed by atoms with van der Waals surface area (Å²) in [6.45, 7) is 8.03. The summed E-state index contributed by atoms with van der Waals surface area (Å²) < 4.78 is 2.02. The predicted octanol–water partition coefficient (Wildman–Crippen LogP) is 4.64. The molecular formula is C22H26N4OS. The summed E-state index contributed by atoms with van der Waals surface area (Å²) >= 11 is 1.42.